The molecule has 206 valence electrons. The summed E-state index contributed by atoms with van der Waals surface area (Å²) in [5.41, 5.74) is 8.45. The third-order valence-corrected chi connectivity index (χ3v) is 7.59. The zero-order valence-corrected chi connectivity index (χ0v) is 24.5. The van der Waals surface area contributed by atoms with Crippen LogP contribution in [0.1, 0.15) is 5.56 Å². The van der Waals surface area contributed by atoms with Gasteiger partial charge in [0.1, 0.15) is 11.6 Å². The van der Waals surface area contributed by atoms with E-state index in [1.165, 1.54) is 18.2 Å². The minimum absolute atomic E-state index is 0.280. The van der Waals surface area contributed by atoms with Crippen molar-refractivity contribution in [1.82, 2.24) is 0 Å². The molecule has 0 aliphatic rings. The molecule has 42 heavy (non-hydrogen) atoms. The smallest absolute Gasteiger partial charge is 0.125 e. The van der Waals surface area contributed by atoms with Crippen molar-refractivity contribution in [2.45, 2.75) is 6.92 Å². The highest BCUT2D eigenvalue weighted by Gasteiger charge is 2.15. The van der Waals surface area contributed by atoms with Gasteiger partial charge in [0.2, 0.25) is 0 Å². The van der Waals surface area contributed by atoms with Gasteiger partial charge in [0.05, 0.1) is 0 Å². The van der Waals surface area contributed by atoms with E-state index in [0.29, 0.717) is 0 Å². The second kappa shape index (κ2) is 12.0. The zero-order valence-electron chi connectivity index (χ0n) is 22.9. The van der Waals surface area contributed by atoms with Crippen LogP contribution in [-0.2, 0) is 0 Å². The second-order valence-electron chi connectivity index (χ2n) is 10.0. The van der Waals surface area contributed by atoms with Crippen LogP contribution in [0.4, 0.5) is 42.9 Å². The predicted molar refractivity (Wildman–Crippen MR) is 174 cm³/mol. The first kappa shape index (κ1) is 27.4. The van der Waals surface area contributed by atoms with Crippen molar-refractivity contribution in [2.24, 2.45) is 0 Å². The summed E-state index contributed by atoms with van der Waals surface area (Å²) in [4.78, 5) is 4.08. The first-order valence-corrected chi connectivity index (χ1v) is 14.4. The molecule has 0 fully saturated rings. The molecule has 0 N–H and O–H groups in total. The van der Waals surface area contributed by atoms with Crippen LogP contribution in [0.25, 0.3) is 11.1 Å². The van der Waals surface area contributed by atoms with Gasteiger partial charge in [0, 0.05) is 38.6 Å². The average molecular weight is 618 g/mol. The van der Waals surface area contributed by atoms with E-state index in [2.05, 4.69) is 63.3 Å². The molecule has 6 aromatic carbocycles. The zero-order chi connectivity index (χ0) is 29.1. The summed E-state index contributed by atoms with van der Waals surface area (Å²) >= 11 is 3.50. The second-order valence-corrected chi connectivity index (χ2v) is 11.0. The Kier molecular flexibility index (Phi) is 7.85. The fourth-order valence-corrected chi connectivity index (χ4v) is 5.35. The van der Waals surface area contributed by atoms with Gasteiger partial charge in [-0.15, -0.1) is 0 Å². The highest BCUT2D eigenvalue weighted by Crippen LogP contribution is 2.38. The molecular formula is C37H27BrF2N2. The van der Waals surface area contributed by atoms with Crippen molar-refractivity contribution in [3.05, 3.63) is 167 Å². The van der Waals surface area contributed by atoms with E-state index < -0.39 is 0 Å². The summed E-state index contributed by atoms with van der Waals surface area (Å²) < 4.78 is 29.4. The molecule has 0 unspecified atom stereocenters. The van der Waals surface area contributed by atoms with E-state index in [1.807, 2.05) is 78.6 Å². The van der Waals surface area contributed by atoms with Gasteiger partial charge in [-0.2, -0.15) is 0 Å². The molecule has 2 nitrogen and oxygen atoms in total. The summed E-state index contributed by atoms with van der Waals surface area (Å²) in [6.07, 6.45) is 0. The van der Waals surface area contributed by atoms with Crippen LogP contribution in [0, 0.1) is 18.6 Å². The lowest BCUT2D eigenvalue weighted by Crippen LogP contribution is -2.10. The number of halogens is 3. The number of nitrogens with zero attached hydrogens (tertiary/aromatic N) is 2. The first-order valence-electron chi connectivity index (χ1n) is 13.6. The maximum absolute atomic E-state index is 14.2. The van der Waals surface area contributed by atoms with E-state index in [4.69, 9.17) is 0 Å². The number of anilines is 6. The summed E-state index contributed by atoms with van der Waals surface area (Å²) in [5.74, 6) is -0.568. The van der Waals surface area contributed by atoms with Gasteiger partial charge in [0.15, 0.2) is 0 Å². The van der Waals surface area contributed by atoms with Crippen LogP contribution in [-0.4, -0.2) is 0 Å². The van der Waals surface area contributed by atoms with Gasteiger partial charge < -0.3 is 9.80 Å². The Labute approximate surface area is 253 Å². The molecule has 6 aromatic rings. The van der Waals surface area contributed by atoms with Crippen LogP contribution in [0.2, 0.25) is 0 Å². The van der Waals surface area contributed by atoms with Crippen LogP contribution >= 0.6 is 15.9 Å². The van der Waals surface area contributed by atoms with Crippen molar-refractivity contribution < 1.29 is 8.78 Å². The molecule has 0 aromatic heterocycles. The van der Waals surface area contributed by atoms with Crippen LogP contribution in [0.15, 0.2) is 150 Å². The minimum atomic E-state index is -0.288. The molecule has 0 heterocycles. The lowest BCUT2D eigenvalue weighted by Gasteiger charge is -2.26. The Morgan fingerprint density at radius 2 is 0.810 bits per heavy atom. The molecule has 6 rings (SSSR count). The molecule has 0 amide bonds. The number of rotatable bonds is 7. The minimum Gasteiger partial charge on any atom is -0.310 e. The maximum Gasteiger partial charge on any atom is 0.125 e. The van der Waals surface area contributed by atoms with E-state index in [0.717, 1.165) is 55.3 Å². The van der Waals surface area contributed by atoms with Gasteiger partial charge >= 0.3 is 0 Å². The lowest BCUT2D eigenvalue weighted by atomic mass is 10.0. The van der Waals surface area contributed by atoms with Gasteiger partial charge in [-0.25, -0.2) is 8.78 Å². The summed E-state index contributed by atoms with van der Waals surface area (Å²) in [6.45, 7) is 2.05. The Balaban J connectivity index is 1.33. The number of benzene rings is 6. The highest BCUT2D eigenvalue weighted by molar-refractivity contribution is 9.10. The van der Waals surface area contributed by atoms with Crippen molar-refractivity contribution in [3.8, 4) is 11.1 Å². The fourth-order valence-electron chi connectivity index (χ4n) is 5.09. The number of aryl methyl sites for hydroxylation is 1. The van der Waals surface area contributed by atoms with Gasteiger partial charge in [-0.3, -0.25) is 0 Å². The standard InChI is InChI=1S/C37H27BrF2N2/c1-26-5-2-8-35(23-26)42(37-10-4-7-31(40)25-37)33-19-13-28(14-20-33)27-11-17-32(18-12-27)41(34-21-15-29(38)16-22-34)36-9-3-6-30(39)24-36/h2-25H,1H3. The van der Waals surface area contributed by atoms with Crippen molar-refractivity contribution >= 4 is 50.1 Å². The third-order valence-electron chi connectivity index (χ3n) is 7.06. The third kappa shape index (κ3) is 5.97. The maximum atomic E-state index is 14.2. The Morgan fingerprint density at radius 1 is 0.429 bits per heavy atom. The topological polar surface area (TPSA) is 6.48 Å². The van der Waals surface area contributed by atoms with Crippen LogP contribution < -0.4 is 9.80 Å². The molecule has 0 saturated carbocycles. The lowest BCUT2D eigenvalue weighted by molar-refractivity contribution is 0.627. The monoisotopic (exact) mass is 616 g/mol. The van der Waals surface area contributed by atoms with Crippen molar-refractivity contribution in [3.63, 3.8) is 0 Å². The summed E-state index contributed by atoms with van der Waals surface area (Å²) in [7, 11) is 0. The predicted octanol–water partition coefficient (Wildman–Crippen LogP) is 11.6. The van der Waals surface area contributed by atoms with Crippen LogP contribution in [0.5, 0.6) is 0 Å². The van der Waals surface area contributed by atoms with Gasteiger partial charge in [-0.1, -0.05) is 64.5 Å². The SMILES string of the molecule is Cc1cccc(N(c2ccc(-c3ccc(N(c4ccc(Br)cc4)c4cccc(F)c4)cc3)cc2)c2cccc(F)c2)c1. The molecule has 0 spiro atoms. The molecule has 0 bridgehead atoms. The van der Waals surface area contributed by atoms with E-state index >= 15 is 0 Å². The Hall–Kier alpha value is -4.74. The molecule has 0 radical (unpaired) electrons. The average Bonchev–Trinajstić information content (AvgIpc) is 2.99. The number of hydrogen-bond acceptors (Lipinski definition) is 2. The van der Waals surface area contributed by atoms with Crippen molar-refractivity contribution in [1.29, 1.82) is 0 Å². The quantitative estimate of drug-likeness (QED) is 0.176. The molecular weight excluding hydrogens is 590 g/mol. The first-order chi connectivity index (χ1) is 20.4. The van der Waals surface area contributed by atoms with Crippen LogP contribution in [0.3, 0.4) is 0 Å². The Morgan fingerprint density at radius 3 is 1.24 bits per heavy atom. The molecule has 0 saturated heterocycles. The normalized spacial score (nSPS) is 10.9. The highest BCUT2D eigenvalue weighted by atomic mass is 79.9. The number of hydrogen-bond donors (Lipinski definition) is 0. The van der Waals surface area contributed by atoms with Crippen molar-refractivity contribution in [2.75, 3.05) is 9.80 Å². The molecule has 0 atom stereocenters. The van der Waals surface area contributed by atoms with Gasteiger partial charge in [-0.05, 0) is 121 Å². The van der Waals surface area contributed by atoms with E-state index in [1.54, 1.807) is 18.2 Å². The molecule has 0 aliphatic heterocycles. The molecule has 5 heteroatoms. The van der Waals surface area contributed by atoms with E-state index in [9.17, 15) is 8.78 Å². The summed E-state index contributed by atoms with van der Waals surface area (Å²) in [5, 5.41) is 0. The van der Waals surface area contributed by atoms with Gasteiger partial charge in [0.25, 0.3) is 0 Å². The molecule has 0 aliphatic carbocycles. The summed E-state index contributed by atoms with van der Waals surface area (Å²) in [6, 6.07) is 45.8. The van der Waals surface area contributed by atoms with E-state index in [-0.39, 0.29) is 11.6 Å². The largest absolute Gasteiger partial charge is 0.310 e. The Bertz CT molecular complexity index is 1770. The fraction of sp³-hybridized carbons (Fsp3) is 0.0270.